The summed E-state index contributed by atoms with van der Waals surface area (Å²) >= 11 is 3.41. The van der Waals surface area contributed by atoms with E-state index in [-0.39, 0.29) is 5.41 Å². The van der Waals surface area contributed by atoms with Gasteiger partial charge in [-0.1, -0.05) is 28.1 Å². The van der Waals surface area contributed by atoms with Crippen molar-refractivity contribution in [3.05, 3.63) is 34.3 Å². The largest absolute Gasteiger partial charge is 0.317 e. The third-order valence-corrected chi connectivity index (χ3v) is 3.26. The van der Waals surface area contributed by atoms with Gasteiger partial charge < -0.3 is 5.21 Å². The lowest BCUT2D eigenvalue weighted by molar-refractivity contribution is 0.156. The van der Waals surface area contributed by atoms with Crippen LogP contribution < -0.4 is 5.48 Å². The number of hydrogen-bond acceptors (Lipinski definition) is 2. The predicted molar refractivity (Wildman–Crippen MR) is 54.8 cm³/mol. The predicted octanol–water partition coefficient (Wildman–Crippen LogP) is 2.46. The normalized spacial score (nSPS) is 18.6. The third-order valence-electron chi connectivity index (χ3n) is 2.73. The summed E-state index contributed by atoms with van der Waals surface area (Å²) in [5.74, 6) is 0. The van der Waals surface area contributed by atoms with Gasteiger partial charge in [-0.25, -0.2) is 5.48 Å². The van der Waals surface area contributed by atoms with Crippen molar-refractivity contribution >= 4 is 15.9 Å². The van der Waals surface area contributed by atoms with Gasteiger partial charge in [0.15, 0.2) is 0 Å². The molecule has 2 N–H and O–H groups in total. The third kappa shape index (κ3) is 1.77. The molecule has 1 fully saturated rings. The molecule has 1 aromatic rings. The van der Waals surface area contributed by atoms with Crippen LogP contribution in [0, 0.1) is 0 Å². The first-order valence-corrected chi connectivity index (χ1v) is 5.19. The van der Waals surface area contributed by atoms with Gasteiger partial charge in [0, 0.05) is 16.4 Å². The molecule has 2 rings (SSSR count). The summed E-state index contributed by atoms with van der Waals surface area (Å²) in [7, 11) is 0. The Balaban J connectivity index is 2.20. The van der Waals surface area contributed by atoms with E-state index in [4.69, 9.17) is 5.21 Å². The standard InChI is InChI=1S/C10H12BrNO/c11-9-3-1-8(2-4-9)10(5-6-10)7-12-13/h1-4,12-13H,5-7H2. The molecule has 0 unspecified atom stereocenters. The maximum absolute atomic E-state index is 8.70. The van der Waals surface area contributed by atoms with Crippen molar-refractivity contribution in [2.75, 3.05) is 6.54 Å². The SMILES string of the molecule is ONCC1(c2ccc(Br)cc2)CC1. The molecule has 0 bridgehead atoms. The molecule has 0 heterocycles. The molecule has 70 valence electrons. The van der Waals surface area contributed by atoms with Crippen molar-refractivity contribution in [2.45, 2.75) is 18.3 Å². The van der Waals surface area contributed by atoms with Crippen LogP contribution in [0.5, 0.6) is 0 Å². The smallest absolute Gasteiger partial charge is 0.0304 e. The Morgan fingerprint density at radius 3 is 2.38 bits per heavy atom. The lowest BCUT2D eigenvalue weighted by Gasteiger charge is -2.13. The first-order valence-electron chi connectivity index (χ1n) is 4.40. The average molecular weight is 242 g/mol. The highest BCUT2D eigenvalue weighted by atomic mass is 79.9. The first kappa shape index (κ1) is 9.19. The number of hydrogen-bond donors (Lipinski definition) is 2. The van der Waals surface area contributed by atoms with Crippen molar-refractivity contribution < 1.29 is 5.21 Å². The zero-order valence-corrected chi connectivity index (χ0v) is 8.84. The second-order valence-electron chi connectivity index (χ2n) is 3.62. The Labute approximate surface area is 86.1 Å². The highest BCUT2D eigenvalue weighted by molar-refractivity contribution is 9.10. The summed E-state index contributed by atoms with van der Waals surface area (Å²) in [6, 6.07) is 8.34. The Morgan fingerprint density at radius 2 is 1.92 bits per heavy atom. The van der Waals surface area contributed by atoms with E-state index < -0.39 is 0 Å². The lowest BCUT2D eigenvalue weighted by Crippen LogP contribution is -2.23. The minimum absolute atomic E-state index is 0.204. The van der Waals surface area contributed by atoms with Crippen LogP contribution in [0.15, 0.2) is 28.7 Å². The Kier molecular flexibility index (Phi) is 2.41. The summed E-state index contributed by atoms with van der Waals surface area (Å²) in [5, 5.41) is 8.70. The van der Waals surface area contributed by atoms with E-state index in [1.54, 1.807) is 0 Å². The second-order valence-corrected chi connectivity index (χ2v) is 4.54. The molecular formula is C10H12BrNO. The molecule has 0 saturated heterocycles. The summed E-state index contributed by atoms with van der Waals surface area (Å²) < 4.78 is 1.10. The number of rotatable bonds is 3. The van der Waals surface area contributed by atoms with Crippen molar-refractivity contribution in [3.63, 3.8) is 0 Å². The number of halogens is 1. The zero-order valence-electron chi connectivity index (χ0n) is 7.26. The number of hydroxylamine groups is 1. The highest BCUT2D eigenvalue weighted by Crippen LogP contribution is 2.47. The van der Waals surface area contributed by atoms with Crippen LogP contribution in [-0.4, -0.2) is 11.8 Å². The van der Waals surface area contributed by atoms with Crippen LogP contribution in [0.3, 0.4) is 0 Å². The van der Waals surface area contributed by atoms with Crippen molar-refractivity contribution in [3.8, 4) is 0 Å². The fourth-order valence-corrected chi connectivity index (χ4v) is 1.94. The van der Waals surface area contributed by atoms with Gasteiger partial charge in [-0.15, -0.1) is 0 Å². The minimum atomic E-state index is 0.204. The van der Waals surface area contributed by atoms with Gasteiger partial charge >= 0.3 is 0 Å². The quantitative estimate of drug-likeness (QED) is 0.798. The van der Waals surface area contributed by atoms with Gasteiger partial charge in [0.1, 0.15) is 0 Å². The van der Waals surface area contributed by atoms with E-state index in [1.807, 2.05) is 12.1 Å². The fraction of sp³-hybridized carbons (Fsp3) is 0.400. The van der Waals surface area contributed by atoms with Crippen LogP contribution >= 0.6 is 15.9 Å². The Bertz CT molecular complexity index is 292. The molecule has 1 saturated carbocycles. The van der Waals surface area contributed by atoms with Gasteiger partial charge in [-0.2, -0.15) is 0 Å². The van der Waals surface area contributed by atoms with E-state index in [0.29, 0.717) is 6.54 Å². The molecule has 0 aromatic heterocycles. The van der Waals surface area contributed by atoms with E-state index in [9.17, 15) is 0 Å². The number of nitrogens with one attached hydrogen (secondary N) is 1. The van der Waals surface area contributed by atoms with Gasteiger partial charge in [0.05, 0.1) is 0 Å². The molecule has 13 heavy (non-hydrogen) atoms. The maximum atomic E-state index is 8.70. The Morgan fingerprint density at radius 1 is 1.31 bits per heavy atom. The molecule has 1 aliphatic carbocycles. The monoisotopic (exact) mass is 241 g/mol. The van der Waals surface area contributed by atoms with Gasteiger partial charge in [-0.3, -0.25) is 0 Å². The van der Waals surface area contributed by atoms with Crippen molar-refractivity contribution in [1.29, 1.82) is 0 Å². The van der Waals surface area contributed by atoms with Crippen molar-refractivity contribution in [2.24, 2.45) is 0 Å². The van der Waals surface area contributed by atoms with E-state index in [1.165, 1.54) is 18.4 Å². The van der Waals surface area contributed by atoms with Crippen LogP contribution in [-0.2, 0) is 5.41 Å². The molecule has 0 atom stereocenters. The first-order chi connectivity index (χ1) is 6.27. The summed E-state index contributed by atoms with van der Waals surface area (Å²) in [5.41, 5.74) is 3.79. The summed E-state index contributed by atoms with van der Waals surface area (Å²) in [6.07, 6.45) is 2.34. The maximum Gasteiger partial charge on any atom is 0.0304 e. The molecule has 0 spiro atoms. The average Bonchev–Trinajstić information content (AvgIpc) is 2.87. The topological polar surface area (TPSA) is 32.3 Å². The molecule has 0 amide bonds. The second kappa shape index (κ2) is 3.40. The van der Waals surface area contributed by atoms with Crippen LogP contribution in [0.25, 0.3) is 0 Å². The number of benzene rings is 1. The molecular weight excluding hydrogens is 230 g/mol. The van der Waals surface area contributed by atoms with E-state index in [0.717, 1.165) is 4.47 Å². The van der Waals surface area contributed by atoms with Crippen LogP contribution in [0.1, 0.15) is 18.4 Å². The summed E-state index contributed by atoms with van der Waals surface area (Å²) in [6.45, 7) is 0.661. The highest BCUT2D eigenvalue weighted by Gasteiger charge is 2.43. The summed E-state index contributed by atoms with van der Waals surface area (Å²) in [4.78, 5) is 0. The van der Waals surface area contributed by atoms with Crippen LogP contribution in [0.2, 0.25) is 0 Å². The fourth-order valence-electron chi connectivity index (χ4n) is 1.67. The molecule has 1 aromatic carbocycles. The van der Waals surface area contributed by atoms with E-state index in [2.05, 4.69) is 33.5 Å². The van der Waals surface area contributed by atoms with E-state index >= 15 is 0 Å². The molecule has 2 nitrogen and oxygen atoms in total. The molecule has 3 heteroatoms. The van der Waals surface area contributed by atoms with Gasteiger partial charge in [0.2, 0.25) is 0 Å². The molecule has 1 aliphatic rings. The van der Waals surface area contributed by atoms with Crippen LogP contribution in [0.4, 0.5) is 0 Å². The van der Waals surface area contributed by atoms with Gasteiger partial charge in [0.25, 0.3) is 0 Å². The van der Waals surface area contributed by atoms with Crippen molar-refractivity contribution in [1.82, 2.24) is 5.48 Å². The zero-order chi connectivity index (χ0) is 9.31. The lowest BCUT2D eigenvalue weighted by atomic mass is 9.96. The Hall–Kier alpha value is -0.380. The molecule has 0 radical (unpaired) electrons. The van der Waals surface area contributed by atoms with Gasteiger partial charge in [-0.05, 0) is 30.5 Å². The minimum Gasteiger partial charge on any atom is -0.317 e. The molecule has 0 aliphatic heterocycles.